The van der Waals surface area contributed by atoms with Crippen LogP contribution in [0.3, 0.4) is 0 Å². The number of fused-ring (bicyclic) bond motifs is 1. The average Bonchev–Trinajstić information content (AvgIpc) is 2.93. The standard InChI is InChI=1S/C21H21BrN2O4/c1-23(13-14-12-15(22)9-10-18(14)28-2)19(25)8-5-11-24-20(26)16-6-3-4-7-17(16)21(24)27/h3-4,6-7,9-10,12H,5,8,11,13H2,1-2H3. The summed E-state index contributed by atoms with van der Waals surface area (Å²) in [6, 6.07) is 12.4. The average molecular weight is 445 g/mol. The summed E-state index contributed by atoms with van der Waals surface area (Å²) in [5, 5.41) is 0. The number of imide groups is 1. The molecule has 0 saturated carbocycles. The van der Waals surface area contributed by atoms with Crippen molar-refractivity contribution in [1.82, 2.24) is 9.80 Å². The largest absolute Gasteiger partial charge is 0.496 e. The Morgan fingerprint density at radius 1 is 1.11 bits per heavy atom. The van der Waals surface area contributed by atoms with Crippen molar-refractivity contribution in [2.24, 2.45) is 0 Å². The van der Waals surface area contributed by atoms with Gasteiger partial charge in [0.15, 0.2) is 0 Å². The molecule has 7 heteroatoms. The SMILES string of the molecule is COc1ccc(Br)cc1CN(C)C(=O)CCCN1C(=O)c2ccccc2C1=O. The molecule has 6 nitrogen and oxygen atoms in total. The molecule has 0 saturated heterocycles. The van der Waals surface area contributed by atoms with Crippen molar-refractivity contribution in [3.8, 4) is 5.75 Å². The van der Waals surface area contributed by atoms with Gasteiger partial charge in [0.25, 0.3) is 11.8 Å². The lowest BCUT2D eigenvalue weighted by molar-refractivity contribution is -0.130. The number of amides is 3. The Hall–Kier alpha value is -2.67. The molecule has 3 rings (SSSR count). The van der Waals surface area contributed by atoms with Gasteiger partial charge < -0.3 is 9.64 Å². The third kappa shape index (κ3) is 4.09. The molecular formula is C21H21BrN2O4. The van der Waals surface area contributed by atoms with Crippen molar-refractivity contribution in [3.63, 3.8) is 0 Å². The van der Waals surface area contributed by atoms with Gasteiger partial charge in [-0.25, -0.2) is 0 Å². The smallest absolute Gasteiger partial charge is 0.261 e. The van der Waals surface area contributed by atoms with E-state index in [1.165, 1.54) is 4.90 Å². The second kappa shape index (κ2) is 8.56. The van der Waals surface area contributed by atoms with Crippen LogP contribution in [0, 0.1) is 0 Å². The fourth-order valence-corrected chi connectivity index (χ4v) is 3.64. The molecule has 0 spiro atoms. The molecule has 0 bridgehead atoms. The van der Waals surface area contributed by atoms with Gasteiger partial charge in [0, 0.05) is 36.6 Å². The molecule has 0 aliphatic carbocycles. The Labute approximate surface area is 172 Å². The summed E-state index contributed by atoms with van der Waals surface area (Å²) in [5.41, 5.74) is 1.75. The number of benzene rings is 2. The maximum absolute atomic E-state index is 12.5. The van der Waals surface area contributed by atoms with Gasteiger partial charge in [0.2, 0.25) is 5.91 Å². The first-order chi connectivity index (χ1) is 13.4. The summed E-state index contributed by atoms with van der Waals surface area (Å²) in [6.45, 7) is 0.639. The zero-order chi connectivity index (χ0) is 20.3. The number of hydrogen-bond acceptors (Lipinski definition) is 4. The molecule has 146 valence electrons. The molecule has 2 aromatic rings. The highest BCUT2D eigenvalue weighted by Gasteiger charge is 2.34. The van der Waals surface area contributed by atoms with Crippen LogP contribution in [-0.2, 0) is 11.3 Å². The Morgan fingerprint density at radius 2 is 1.75 bits per heavy atom. The quantitative estimate of drug-likeness (QED) is 0.612. The van der Waals surface area contributed by atoms with Crippen LogP contribution in [0.4, 0.5) is 0 Å². The van der Waals surface area contributed by atoms with Crippen LogP contribution in [0.2, 0.25) is 0 Å². The molecule has 1 aliphatic rings. The van der Waals surface area contributed by atoms with E-state index in [0.717, 1.165) is 10.0 Å². The topological polar surface area (TPSA) is 66.9 Å². The van der Waals surface area contributed by atoms with Crippen LogP contribution >= 0.6 is 15.9 Å². The molecule has 0 aromatic heterocycles. The molecule has 1 aliphatic heterocycles. The van der Waals surface area contributed by atoms with Gasteiger partial charge in [-0.1, -0.05) is 28.1 Å². The Balaban J connectivity index is 1.54. The minimum absolute atomic E-state index is 0.0568. The van der Waals surface area contributed by atoms with Crippen molar-refractivity contribution < 1.29 is 19.1 Å². The summed E-state index contributed by atoms with van der Waals surface area (Å²) in [7, 11) is 3.32. The maximum Gasteiger partial charge on any atom is 0.261 e. The molecule has 0 N–H and O–H groups in total. The number of ether oxygens (including phenoxy) is 1. The molecular weight excluding hydrogens is 424 g/mol. The second-order valence-corrected chi connectivity index (χ2v) is 7.53. The number of hydrogen-bond donors (Lipinski definition) is 0. The van der Waals surface area contributed by atoms with Gasteiger partial charge in [-0.05, 0) is 36.8 Å². The number of methoxy groups -OCH3 is 1. The fourth-order valence-electron chi connectivity index (χ4n) is 3.24. The summed E-state index contributed by atoms with van der Waals surface area (Å²) in [5.74, 6) is 0.0769. The van der Waals surface area contributed by atoms with E-state index >= 15 is 0 Å². The van der Waals surface area contributed by atoms with Gasteiger partial charge >= 0.3 is 0 Å². The zero-order valence-corrected chi connectivity index (χ0v) is 17.4. The number of rotatable bonds is 7. The first kappa shape index (κ1) is 20.1. The first-order valence-electron chi connectivity index (χ1n) is 8.94. The van der Waals surface area contributed by atoms with E-state index in [2.05, 4.69) is 15.9 Å². The van der Waals surface area contributed by atoms with E-state index in [9.17, 15) is 14.4 Å². The summed E-state index contributed by atoms with van der Waals surface area (Å²) in [4.78, 5) is 40.0. The molecule has 2 aromatic carbocycles. The van der Waals surface area contributed by atoms with Crippen LogP contribution in [0.15, 0.2) is 46.9 Å². The molecule has 0 unspecified atom stereocenters. The minimum atomic E-state index is -0.291. The molecule has 0 atom stereocenters. The zero-order valence-electron chi connectivity index (χ0n) is 15.8. The fraction of sp³-hybridized carbons (Fsp3) is 0.286. The van der Waals surface area contributed by atoms with Crippen LogP contribution in [0.5, 0.6) is 5.75 Å². The van der Waals surface area contributed by atoms with Crippen molar-refractivity contribution in [1.29, 1.82) is 0 Å². The summed E-state index contributed by atoms with van der Waals surface area (Å²) < 4.78 is 6.26. The predicted molar refractivity (Wildman–Crippen MR) is 108 cm³/mol. The highest BCUT2D eigenvalue weighted by Crippen LogP contribution is 2.25. The first-order valence-corrected chi connectivity index (χ1v) is 9.73. The van der Waals surface area contributed by atoms with E-state index in [1.54, 1.807) is 43.3 Å². The molecule has 3 amide bonds. The minimum Gasteiger partial charge on any atom is -0.496 e. The van der Waals surface area contributed by atoms with Crippen LogP contribution in [0.1, 0.15) is 39.1 Å². The molecule has 1 heterocycles. The molecule has 0 radical (unpaired) electrons. The monoisotopic (exact) mass is 444 g/mol. The Kier molecular flexibility index (Phi) is 6.14. The lowest BCUT2D eigenvalue weighted by Crippen LogP contribution is -2.32. The molecule has 0 fully saturated rings. The highest BCUT2D eigenvalue weighted by atomic mass is 79.9. The molecule has 28 heavy (non-hydrogen) atoms. The van der Waals surface area contributed by atoms with Crippen LogP contribution < -0.4 is 4.74 Å². The van der Waals surface area contributed by atoms with Crippen molar-refractivity contribution in [2.75, 3.05) is 20.7 Å². The predicted octanol–water partition coefficient (Wildman–Crippen LogP) is 3.49. The normalized spacial score (nSPS) is 12.9. The number of nitrogens with zero attached hydrogens (tertiary/aromatic N) is 2. The lowest BCUT2D eigenvalue weighted by atomic mass is 10.1. The maximum atomic E-state index is 12.5. The third-order valence-electron chi connectivity index (χ3n) is 4.73. The van der Waals surface area contributed by atoms with Gasteiger partial charge in [-0.3, -0.25) is 19.3 Å². The lowest BCUT2D eigenvalue weighted by Gasteiger charge is -2.20. The van der Waals surface area contributed by atoms with E-state index in [-0.39, 0.29) is 30.7 Å². The van der Waals surface area contributed by atoms with Crippen molar-refractivity contribution in [2.45, 2.75) is 19.4 Å². The van der Waals surface area contributed by atoms with E-state index in [0.29, 0.717) is 29.8 Å². The van der Waals surface area contributed by atoms with Gasteiger partial charge in [-0.15, -0.1) is 0 Å². The highest BCUT2D eigenvalue weighted by molar-refractivity contribution is 9.10. The number of carbonyl (C=O) groups is 3. The Morgan fingerprint density at radius 3 is 2.36 bits per heavy atom. The van der Waals surface area contributed by atoms with Crippen LogP contribution in [0.25, 0.3) is 0 Å². The van der Waals surface area contributed by atoms with Crippen molar-refractivity contribution in [3.05, 3.63) is 63.6 Å². The van der Waals surface area contributed by atoms with E-state index < -0.39 is 0 Å². The van der Waals surface area contributed by atoms with Gasteiger partial charge in [0.05, 0.1) is 18.2 Å². The third-order valence-corrected chi connectivity index (χ3v) is 5.22. The van der Waals surface area contributed by atoms with Gasteiger partial charge in [-0.2, -0.15) is 0 Å². The summed E-state index contributed by atoms with van der Waals surface area (Å²) in [6.07, 6.45) is 0.671. The summed E-state index contributed by atoms with van der Waals surface area (Å²) >= 11 is 3.43. The number of carbonyl (C=O) groups excluding carboxylic acids is 3. The number of halogens is 1. The van der Waals surface area contributed by atoms with Crippen molar-refractivity contribution >= 4 is 33.7 Å². The van der Waals surface area contributed by atoms with E-state index in [4.69, 9.17) is 4.74 Å². The van der Waals surface area contributed by atoms with Crippen LogP contribution in [-0.4, -0.2) is 48.2 Å². The second-order valence-electron chi connectivity index (χ2n) is 6.62. The van der Waals surface area contributed by atoms with E-state index in [1.807, 2.05) is 18.2 Å². The van der Waals surface area contributed by atoms with Gasteiger partial charge in [0.1, 0.15) is 5.75 Å². The Bertz CT molecular complexity index is 893.